The first-order valence-corrected chi connectivity index (χ1v) is 8.85. The molecule has 3 nitrogen and oxygen atoms in total. The molecule has 2 aliphatic rings. The largest absolute Gasteiger partial charge is 0.492 e. The maximum absolute atomic E-state index is 5.81. The number of nitrogens with one attached hydrogen (secondary N) is 1. The molecule has 2 aromatic carbocycles. The van der Waals surface area contributed by atoms with Crippen LogP contribution in [-0.4, -0.2) is 37.7 Å². The van der Waals surface area contributed by atoms with E-state index in [1.165, 1.54) is 22.4 Å². The van der Waals surface area contributed by atoms with Gasteiger partial charge in [-0.3, -0.25) is 4.90 Å². The first-order valence-electron chi connectivity index (χ1n) is 8.85. The second-order valence-corrected chi connectivity index (χ2v) is 6.45. The minimum Gasteiger partial charge on any atom is -0.492 e. The molecule has 0 radical (unpaired) electrons. The van der Waals surface area contributed by atoms with E-state index in [9.17, 15) is 0 Å². The highest BCUT2D eigenvalue weighted by Crippen LogP contribution is 2.32. The standard InChI is InChI=1S/C21H24N2O/c1-2-5-18(6-3-1)24-16-15-23-13-10-17(11-14-23)19-7-4-8-21-20(19)9-12-22-21/h1-8,10,22H,9,11-16H2. The average Bonchev–Trinajstić information content (AvgIpc) is 3.12. The average molecular weight is 320 g/mol. The Hall–Kier alpha value is -2.26. The highest BCUT2D eigenvalue weighted by atomic mass is 16.5. The second kappa shape index (κ2) is 7.10. The quantitative estimate of drug-likeness (QED) is 0.906. The van der Waals surface area contributed by atoms with Gasteiger partial charge in [0.25, 0.3) is 0 Å². The van der Waals surface area contributed by atoms with Crippen molar-refractivity contribution >= 4 is 11.3 Å². The summed E-state index contributed by atoms with van der Waals surface area (Å²) in [4.78, 5) is 2.47. The Labute approximate surface area is 143 Å². The lowest BCUT2D eigenvalue weighted by Gasteiger charge is -2.27. The summed E-state index contributed by atoms with van der Waals surface area (Å²) in [6.45, 7) is 4.93. The summed E-state index contributed by atoms with van der Waals surface area (Å²) in [7, 11) is 0. The monoisotopic (exact) mass is 320 g/mol. The Morgan fingerprint density at radius 3 is 2.75 bits per heavy atom. The van der Waals surface area contributed by atoms with Gasteiger partial charge in [0.2, 0.25) is 0 Å². The highest BCUT2D eigenvalue weighted by Gasteiger charge is 2.19. The molecule has 124 valence electrons. The zero-order chi connectivity index (χ0) is 16.2. The van der Waals surface area contributed by atoms with Crippen LogP contribution in [0.3, 0.4) is 0 Å². The van der Waals surface area contributed by atoms with Gasteiger partial charge in [0.05, 0.1) is 0 Å². The van der Waals surface area contributed by atoms with Crippen molar-refractivity contribution in [3.8, 4) is 5.75 Å². The molecule has 0 aliphatic carbocycles. The van der Waals surface area contributed by atoms with E-state index in [4.69, 9.17) is 4.74 Å². The van der Waals surface area contributed by atoms with E-state index in [1.54, 1.807) is 0 Å². The SMILES string of the molecule is C1=C(c2cccc3c2CCN3)CCN(CCOc2ccccc2)C1. The van der Waals surface area contributed by atoms with Crippen LogP contribution in [0.4, 0.5) is 5.69 Å². The molecule has 0 spiro atoms. The van der Waals surface area contributed by atoms with E-state index < -0.39 is 0 Å². The van der Waals surface area contributed by atoms with Gasteiger partial charge in [-0.15, -0.1) is 0 Å². The van der Waals surface area contributed by atoms with E-state index in [-0.39, 0.29) is 0 Å². The number of fused-ring (bicyclic) bond motifs is 1. The Morgan fingerprint density at radius 2 is 1.92 bits per heavy atom. The van der Waals surface area contributed by atoms with Gasteiger partial charge >= 0.3 is 0 Å². The lowest BCUT2D eigenvalue weighted by atomic mass is 9.93. The molecule has 24 heavy (non-hydrogen) atoms. The van der Waals surface area contributed by atoms with Crippen LogP contribution >= 0.6 is 0 Å². The summed E-state index contributed by atoms with van der Waals surface area (Å²) in [6.07, 6.45) is 4.68. The number of para-hydroxylation sites is 1. The van der Waals surface area contributed by atoms with E-state index in [0.717, 1.165) is 51.4 Å². The van der Waals surface area contributed by atoms with Gasteiger partial charge in [0.15, 0.2) is 0 Å². The van der Waals surface area contributed by atoms with Gasteiger partial charge in [0.1, 0.15) is 12.4 Å². The molecule has 2 heterocycles. The topological polar surface area (TPSA) is 24.5 Å². The van der Waals surface area contributed by atoms with E-state index >= 15 is 0 Å². The zero-order valence-electron chi connectivity index (χ0n) is 14.0. The molecule has 0 unspecified atom stereocenters. The fourth-order valence-electron chi connectivity index (χ4n) is 3.61. The number of ether oxygens (including phenoxy) is 1. The molecule has 0 amide bonds. The summed E-state index contributed by atoms with van der Waals surface area (Å²) in [5, 5.41) is 3.48. The summed E-state index contributed by atoms with van der Waals surface area (Å²) < 4.78 is 5.81. The molecule has 1 N–H and O–H groups in total. The number of nitrogens with zero attached hydrogens (tertiary/aromatic N) is 1. The first kappa shape index (κ1) is 15.3. The molecule has 0 aromatic heterocycles. The summed E-state index contributed by atoms with van der Waals surface area (Å²) in [5.74, 6) is 0.957. The van der Waals surface area contributed by atoms with Gasteiger partial charge in [-0.05, 0) is 47.7 Å². The number of hydrogen-bond donors (Lipinski definition) is 1. The summed E-state index contributed by atoms with van der Waals surface area (Å²) >= 11 is 0. The Bertz CT molecular complexity index is 724. The van der Waals surface area contributed by atoms with Gasteiger partial charge in [-0.25, -0.2) is 0 Å². The highest BCUT2D eigenvalue weighted by molar-refractivity contribution is 5.75. The molecular weight excluding hydrogens is 296 g/mol. The molecule has 2 aliphatic heterocycles. The van der Waals surface area contributed by atoms with Gasteiger partial charge < -0.3 is 10.1 Å². The summed E-state index contributed by atoms with van der Waals surface area (Å²) in [5.41, 5.74) is 5.80. The molecular formula is C21H24N2O. The second-order valence-electron chi connectivity index (χ2n) is 6.45. The smallest absolute Gasteiger partial charge is 0.119 e. The Morgan fingerprint density at radius 1 is 1.00 bits per heavy atom. The first-order chi connectivity index (χ1) is 11.9. The predicted molar refractivity (Wildman–Crippen MR) is 99.6 cm³/mol. The van der Waals surface area contributed by atoms with Gasteiger partial charge in [-0.2, -0.15) is 0 Å². The van der Waals surface area contributed by atoms with E-state index in [2.05, 4.69) is 34.5 Å². The number of benzene rings is 2. The molecule has 0 saturated heterocycles. The van der Waals surface area contributed by atoms with Crippen molar-refractivity contribution in [1.29, 1.82) is 0 Å². The molecule has 0 fully saturated rings. The van der Waals surface area contributed by atoms with Crippen molar-refractivity contribution in [2.45, 2.75) is 12.8 Å². The third-order valence-corrected chi connectivity index (χ3v) is 4.93. The molecule has 3 heteroatoms. The fraction of sp³-hybridized carbons (Fsp3) is 0.333. The Kier molecular flexibility index (Phi) is 4.52. The van der Waals surface area contributed by atoms with Crippen molar-refractivity contribution in [3.05, 3.63) is 65.7 Å². The van der Waals surface area contributed by atoms with Crippen LogP contribution in [0.5, 0.6) is 5.75 Å². The van der Waals surface area contributed by atoms with Gasteiger partial charge in [-0.1, -0.05) is 36.4 Å². The lowest BCUT2D eigenvalue weighted by molar-refractivity contribution is 0.222. The van der Waals surface area contributed by atoms with Crippen LogP contribution in [0.15, 0.2) is 54.6 Å². The normalized spacial score (nSPS) is 17.1. The summed E-state index contributed by atoms with van der Waals surface area (Å²) in [6, 6.07) is 16.7. The Balaban J connectivity index is 1.33. The van der Waals surface area contributed by atoms with E-state index in [1.807, 2.05) is 30.3 Å². The van der Waals surface area contributed by atoms with Crippen molar-refractivity contribution < 1.29 is 4.74 Å². The molecule has 2 aromatic rings. The van der Waals surface area contributed by atoms with E-state index in [0.29, 0.717) is 0 Å². The lowest BCUT2D eigenvalue weighted by Crippen LogP contribution is -2.32. The maximum atomic E-state index is 5.81. The van der Waals surface area contributed by atoms with Crippen molar-refractivity contribution in [2.75, 3.05) is 38.1 Å². The third kappa shape index (κ3) is 3.31. The van der Waals surface area contributed by atoms with Crippen LogP contribution in [0.1, 0.15) is 17.5 Å². The predicted octanol–water partition coefficient (Wildman–Crippen LogP) is 3.82. The van der Waals surface area contributed by atoms with Crippen LogP contribution in [0.25, 0.3) is 5.57 Å². The minimum atomic E-state index is 0.748. The van der Waals surface area contributed by atoms with Gasteiger partial charge in [0, 0.05) is 31.9 Å². The number of rotatable bonds is 5. The van der Waals surface area contributed by atoms with Crippen molar-refractivity contribution in [1.82, 2.24) is 4.90 Å². The minimum absolute atomic E-state index is 0.748. The number of anilines is 1. The van der Waals surface area contributed by atoms with Crippen molar-refractivity contribution in [2.24, 2.45) is 0 Å². The fourth-order valence-corrected chi connectivity index (χ4v) is 3.61. The van der Waals surface area contributed by atoms with Crippen molar-refractivity contribution in [3.63, 3.8) is 0 Å². The van der Waals surface area contributed by atoms with Crippen LogP contribution < -0.4 is 10.1 Å². The van der Waals surface area contributed by atoms with Crippen LogP contribution in [-0.2, 0) is 6.42 Å². The molecule has 0 saturated carbocycles. The number of hydrogen-bond acceptors (Lipinski definition) is 3. The van der Waals surface area contributed by atoms with Crippen LogP contribution in [0, 0.1) is 0 Å². The zero-order valence-corrected chi connectivity index (χ0v) is 14.0. The molecule has 0 atom stereocenters. The molecule has 4 rings (SSSR count). The molecule has 0 bridgehead atoms. The maximum Gasteiger partial charge on any atom is 0.119 e. The third-order valence-electron chi connectivity index (χ3n) is 4.93. The van der Waals surface area contributed by atoms with Crippen LogP contribution in [0.2, 0.25) is 0 Å².